The van der Waals surface area contributed by atoms with E-state index < -0.39 is 0 Å². The van der Waals surface area contributed by atoms with E-state index in [0.29, 0.717) is 38.4 Å². The quantitative estimate of drug-likeness (QED) is 0.424. The average Bonchev–Trinajstić information content (AvgIpc) is 3.20. The third-order valence-corrected chi connectivity index (χ3v) is 5.69. The molecule has 0 radical (unpaired) electrons. The van der Waals surface area contributed by atoms with Gasteiger partial charge in [0.15, 0.2) is 0 Å². The van der Waals surface area contributed by atoms with Crippen LogP contribution >= 0.6 is 23.4 Å². The van der Waals surface area contributed by atoms with Crippen LogP contribution in [0, 0.1) is 12.7 Å². The lowest BCUT2D eigenvalue weighted by atomic mass is 10.2. The summed E-state index contributed by atoms with van der Waals surface area (Å²) >= 11 is 7.25. The highest BCUT2D eigenvalue weighted by molar-refractivity contribution is 8.00. The number of nitrogens with zero attached hydrogens (tertiary/aromatic N) is 4. The van der Waals surface area contributed by atoms with Crippen LogP contribution in [0.5, 0.6) is 5.75 Å². The number of anilines is 1. The van der Waals surface area contributed by atoms with Crippen molar-refractivity contribution in [1.82, 2.24) is 20.0 Å². The zero-order valence-electron chi connectivity index (χ0n) is 16.6. The van der Waals surface area contributed by atoms with Crippen LogP contribution in [0.25, 0.3) is 16.6 Å². The SMILES string of the molecule is COc1ccc(Cl)cc1NC(=O)CSc1nnc(C)c2cnn(-c3ccc(F)cc3)c12. The van der Waals surface area contributed by atoms with E-state index in [1.54, 1.807) is 41.2 Å². The first-order valence-corrected chi connectivity index (χ1v) is 10.6. The monoisotopic (exact) mass is 457 g/mol. The number of carbonyl (C=O) groups is 1. The van der Waals surface area contributed by atoms with Crippen LogP contribution < -0.4 is 10.1 Å². The molecule has 0 saturated carbocycles. The molecule has 158 valence electrons. The van der Waals surface area contributed by atoms with Crippen molar-refractivity contribution in [3.63, 3.8) is 0 Å². The maximum atomic E-state index is 13.3. The topological polar surface area (TPSA) is 81.9 Å². The molecule has 1 amide bonds. The van der Waals surface area contributed by atoms with E-state index in [4.69, 9.17) is 16.3 Å². The molecule has 10 heteroatoms. The average molecular weight is 458 g/mol. The summed E-state index contributed by atoms with van der Waals surface area (Å²) in [5.41, 5.74) is 2.58. The number of thioether (sulfide) groups is 1. The number of halogens is 2. The van der Waals surface area contributed by atoms with Crippen molar-refractivity contribution in [2.45, 2.75) is 11.9 Å². The van der Waals surface area contributed by atoms with Gasteiger partial charge >= 0.3 is 0 Å². The minimum absolute atomic E-state index is 0.0805. The highest BCUT2D eigenvalue weighted by atomic mass is 35.5. The van der Waals surface area contributed by atoms with Gasteiger partial charge in [0.05, 0.1) is 36.1 Å². The Labute approximate surface area is 186 Å². The number of hydrogen-bond acceptors (Lipinski definition) is 6. The van der Waals surface area contributed by atoms with E-state index in [2.05, 4.69) is 20.6 Å². The fourth-order valence-corrected chi connectivity index (χ4v) is 3.96. The van der Waals surface area contributed by atoms with Gasteiger partial charge in [-0.3, -0.25) is 4.79 Å². The van der Waals surface area contributed by atoms with Gasteiger partial charge in [-0.05, 0) is 49.4 Å². The Morgan fingerprint density at radius 3 is 2.74 bits per heavy atom. The summed E-state index contributed by atoms with van der Waals surface area (Å²) in [5, 5.41) is 17.5. The molecule has 0 bridgehead atoms. The van der Waals surface area contributed by atoms with Crippen LogP contribution in [0.2, 0.25) is 5.02 Å². The molecule has 0 unspecified atom stereocenters. The van der Waals surface area contributed by atoms with Crippen molar-refractivity contribution in [3.05, 3.63) is 65.2 Å². The van der Waals surface area contributed by atoms with Gasteiger partial charge < -0.3 is 10.1 Å². The van der Waals surface area contributed by atoms with E-state index in [1.807, 2.05) is 6.92 Å². The van der Waals surface area contributed by atoms with Gasteiger partial charge in [-0.1, -0.05) is 23.4 Å². The van der Waals surface area contributed by atoms with Crippen LogP contribution in [0.15, 0.2) is 53.7 Å². The number of benzene rings is 2. The van der Waals surface area contributed by atoms with Gasteiger partial charge in [0, 0.05) is 10.4 Å². The molecule has 2 aromatic heterocycles. The zero-order chi connectivity index (χ0) is 22.0. The van der Waals surface area contributed by atoms with Crippen LogP contribution in [-0.4, -0.2) is 38.7 Å². The lowest BCUT2D eigenvalue weighted by Crippen LogP contribution is -2.15. The number of nitrogens with one attached hydrogen (secondary N) is 1. The van der Waals surface area contributed by atoms with Gasteiger partial charge in [0.25, 0.3) is 0 Å². The number of methoxy groups -OCH3 is 1. The molecule has 0 spiro atoms. The predicted molar refractivity (Wildman–Crippen MR) is 119 cm³/mol. The van der Waals surface area contributed by atoms with E-state index in [0.717, 1.165) is 5.39 Å². The van der Waals surface area contributed by atoms with Crippen molar-refractivity contribution in [2.24, 2.45) is 0 Å². The summed E-state index contributed by atoms with van der Waals surface area (Å²) in [6, 6.07) is 11.0. The second-order valence-corrected chi connectivity index (χ2v) is 7.97. The summed E-state index contributed by atoms with van der Waals surface area (Å²) in [7, 11) is 1.52. The first-order valence-electron chi connectivity index (χ1n) is 9.19. The van der Waals surface area contributed by atoms with Gasteiger partial charge in [0.1, 0.15) is 22.1 Å². The van der Waals surface area contributed by atoms with Gasteiger partial charge in [0.2, 0.25) is 5.91 Å². The number of aromatic nitrogens is 4. The Hall–Kier alpha value is -3.17. The second kappa shape index (κ2) is 8.91. The first-order chi connectivity index (χ1) is 15.0. The molecular weight excluding hydrogens is 441 g/mol. The maximum absolute atomic E-state index is 13.3. The third-order valence-electron chi connectivity index (χ3n) is 4.50. The van der Waals surface area contributed by atoms with Crippen LogP contribution in [0.1, 0.15) is 5.69 Å². The number of fused-ring (bicyclic) bond motifs is 1. The summed E-state index contributed by atoms with van der Waals surface area (Å²) in [4.78, 5) is 12.6. The van der Waals surface area contributed by atoms with Crippen LogP contribution in [-0.2, 0) is 4.79 Å². The summed E-state index contributed by atoms with van der Waals surface area (Å²) in [5.74, 6) is -0.000565. The predicted octanol–water partition coefficient (Wildman–Crippen LogP) is 4.66. The minimum atomic E-state index is -0.334. The third kappa shape index (κ3) is 4.47. The second-order valence-electron chi connectivity index (χ2n) is 6.57. The minimum Gasteiger partial charge on any atom is -0.495 e. The largest absolute Gasteiger partial charge is 0.495 e. The van der Waals surface area contributed by atoms with Crippen LogP contribution in [0.3, 0.4) is 0 Å². The number of hydrogen-bond donors (Lipinski definition) is 1. The fraction of sp³-hybridized carbons (Fsp3) is 0.143. The van der Waals surface area contributed by atoms with E-state index in [-0.39, 0.29) is 17.5 Å². The van der Waals surface area contributed by atoms with E-state index in [9.17, 15) is 9.18 Å². The Morgan fingerprint density at radius 2 is 2.00 bits per heavy atom. The van der Waals surface area contributed by atoms with Crippen molar-refractivity contribution in [1.29, 1.82) is 0 Å². The lowest BCUT2D eigenvalue weighted by Gasteiger charge is -2.11. The Morgan fingerprint density at radius 1 is 1.23 bits per heavy atom. The molecular formula is C21H17ClFN5O2S. The molecule has 0 aliphatic heterocycles. The molecule has 0 saturated heterocycles. The first kappa shape index (κ1) is 21.1. The fourth-order valence-electron chi connectivity index (χ4n) is 3.01. The number of amides is 1. The Balaban J connectivity index is 1.59. The van der Waals surface area contributed by atoms with Gasteiger partial charge in [-0.15, -0.1) is 5.10 Å². The van der Waals surface area contributed by atoms with Crippen molar-refractivity contribution >= 4 is 45.9 Å². The normalized spacial score (nSPS) is 11.0. The highest BCUT2D eigenvalue weighted by Gasteiger charge is 2.17. The molecule has 0 atom stereocenters. The maximum Gasteiger partial charge on any atom is 0.234 e. The molecule has 31 heavy (non-hydrogen) atoms. The molecule has 4 aromatic rings. The van der Waals surface area contributed by atoms with Crippen LogP contribution in [0.4, 0.5) is 10.1 Å². The molecule has 0 fully saturated rings. The standard InChI is InChI=1S/C21H17ClFN5O2S/c1-12-16-10-24-28(15-6-4-14(23)5-7-15)20(16)21(27-26-12)31-11-19(29)25-17-9-13(22)3-8-18(17)30-2/h3-10H,11H2,1-2H3,(H,25,29). The summed E-state index contributed by atoms with van der Waals surface area (Å²) in [6.07, 6.45) is 1.68. The Kier molecular flexibility index (Phi) is 6.06. The summed E-state index contributed by atoms with van der Waals surface area (Å²) < 4.78 is 20.3. The number of ether oxygens (including phenoxy) is 1. The number of aryl methyl sites for hydroxylation is 1. The van der Waals surface area contributed by atoms with Crippen molar-refractivity contribution in [3.8, 4) is 11.4 Å². The Bertz CT molecular complexity index is 1260. The molecule has 1 N–H and O–H groups in total. The van der Waals surface area contributed by atoms with Gasteiger partial charge in [-0.25, -0.2) is 9.07 Å². The molecule has 0 aliphatic carbocycles. The van der Waals surface area contributed by atoms with Gasteiger partial charge in [-0.2, -0.15) is 10.2 Å². The molecule has 7 nitrogen and oxygen atoms in total. The van der Waals surface area contributed by atoms with E-state index >= 15 is 0 Å². The number of rotatable bonds is 6. The molecule has 4 rings (SSSR count). The zero-order valence-corrected chi connectivity index (χ0v) is 18.2. The lowest BCUT2D eigenvalue weighted by molar-refractivity contribution is -0.113. The van der Waals surface area contributed by atoms with Crippen molar-refractivity contribution in [2.75, 3.05) is 18.2 Å². The summed E-state index contributed by atoms with van der Waals surface area (Å²) in [6.45, 7) is 1.83. The molecule has 0 aliphatic rings. The molecule has 2 aromatic carbocycles. The van der Waals surface area contributed by atoms with Crippen molar-refractivity contribution < 1.29 is 13.9 Å². The highest BCUT2D eigenvalue weighted by Crippen LogP contribution is 2.30. The van der Waals surface area contributed by atoms with E-state index in [1.165, 1.54) is 31.0 Å². The molecule has 2 heterocycles. The number of carbonyl (C=O) groups excluding carboxylic acids is 1. The smallest absolute Gasteiger partial charge is 0.234 e.